The van der Waals surface area contributed by atoms with Crippen LogP contribution in [0.5, 0.6) is 0 Å². The first-order valence-corrected chi connectivity index (χ1v) is 19.6. The fourth-order valence-electron chi connectivity index (χ4n) is 7.85. The van der Waals surface area contributed by atoms with Crippen molar-refractivity contribution in [2.24, 2.45) is 7.05 Å². The van der Waals surface area contributed by atoms with Crippen molar-refractivity contribution in [1.82, 2.24) is 18.7 Å². The third-order valence-electron chi connectivity index (χ3n) is 10.3. The van der Waals surface area contributed by atoms with Crippen LogP contribution in [-0.2, 0) is 28.1 Å². The quantitative estimate of drug-likeness (QED) is 0.0913. The summed E-state index contributed by atoms with van der Waals surface area (Å²) in [5.41, 5.74) is 6.75. The van der Waals surface area contributed by atoms with E-state index in [2.05, 4.69) is 205 Å². The van der Waals surface area contributed by atoms with E-state index in [9.17, 15) is 0 Å². The molecule has 9 rings (SSSR count). The predicted molar refractivity (Wildman–Crippen MR) is 214 cm³/mol. The fraction of sp³-hybridized carbons (Fsp3) is 0.0870. The minimum Gasteiger partial charge on any atom is -0.319 e. The number of rotatable bonds is 7. The van der Waals surface area contributed by atoms with Gasteiger partial charge in [-0.15, -0.1) is 22.7 Å². The Balaban J connectivity index is 0.00000387. The Bertz CT molecular complexity index is 2660. The van der Waals surface area contributed by atoms with E-state index in [0.29, 0.717) is 5.92 Å². The SMILES string of the molecule is CC(C)c1ccnc(-n2c3[c-]c([Si](c4[c-]c(-n5[cH+]n(C)c6ccccc65)ccc4)(c4ccccc4)c4ccccc4)ccc3c3ccccc32)c1.[Pt]. The maximum absolute atomic E-state index is 4.95. The molecule has 0 aliphatic rings. The minimum absolute atomic E-state index is 0. The first kappa shape index (κ1) is 33.8. The Hall–Kier alpha value is -5.35. The van der Waals surface area contributed by atoms with E-state index in [-0.39, 0.29) is 21.1 Å². The van der Waals surface area contributed by atoms with Crippen LogP contribution in [0.15, 0.2) is 164 Å². The summed E-state index contributed by atoms with van der Waals surface area (Å²) in [5, 5.41) is 7.28. The van der Waals surface area contributed by atoms with Gasteiger partial charge in [-0.1, -0.05) is 98.2 Å². The van der Waals surface area contributed by atoms with Crippen LogP contribution in [0, 0.1) is 12.1 Å². The molecule has 0 spiro atoms. The van der Waals surface area contributed by atoms with E-state index in [4.69, 9.17) is 4.98 Å². The van der Waals surface area contributed by atoms with E-state index in [1.807, 2.05) is 6.20 Å². The fourth-order valence-corrected chi connectivity index (χ4v) is 12.4. The van der Waals surface area contributed by atoms with Crippen molar-refractivity contribution in [2.45, 2.75) is 19.8 Å². The molecule has 0 radical (unpaired) electrons. The number of pyridine rings is 1. The number of imidazole rings is 1. The van der Waals surface area contributed by atoms with Crippen molar-refractivity contribution in [3.8, 4) is 11.5 Å². The van der Waals surface area contributed by atoms with Crippen molar-refractivity contribution in [2.75, 3.05) is 0 Å². The summed E-state index contributed by atoms with van der Waals surface area (Å²) >= 11 is 0. The van der Waals surface area contributed by atoms with Gasteiger partial charge in [0, 0.05) is 57.6 Å². The van der Waals surface area contributed by atoms with Crippen LogP contribution < -0.4 is 20.7 Å². The molecule has 6 aromatic carbocycles. The maximum atomic E-state index is 4.95. The van der Waals surface area contributed by atoms with Gasteiger partial charge in [0.25, 0.3) is 0 Å². The zero-order valence-corrected chi connectivity index (χ0v) is 32.5. The van der Waals surface area contributed by atoms with Crippen LogP contribution in [0.2, 0.25) is 0 Å². The zero-order valence-electron chi connectivity index (χ0n) is 29.3. The van der Waals surface area contributed by atoms with Crippen molar-refractivity contribution in [3.05, 3.63) is 182 Å². The smallest absolute Gasteiger partial charge is 0.188 e. The van der Waals surface area contributed by atoms with Crippen LogP contribution in [-0.4, -0.2) is 26.8 Å². The monoisotopic (exact) mass is 868 g/mol. The van der Waals surface area contributed by atoms with Gasteiger partial charge < -0.3 is 4.57 Å². The molecule has 0 atom stereocenters. The van der Waals surface area contributed by atoms with Crippen molar-refractivity contribution < 1.29 is 21.1 Å². The van der Waals surface area contributed by atoms with Crippen LogP contribution in [0.4, 0.5) is 0 Å². The molecule has 0 unspecified atom stereocenters. The number of hydrogen-bond donors (Lipinski definition) is 0. The number of nitrogens with zero attached hydrogens (tertiary/aromatic N) is 4. The third-order valence-corrected chi connectivity index (χ3v) is 14.9. The molecule has 0 saturated heterocycles. The largest absolute Gasteiger partial charge is 0.319 e. The van der Waals surface area contributed by atoms with E-state index >= 15 is 0 Å². The molecule has 0 N–H and O–H groups in total. The number of fused-ring (bicyclic) bond motifs is 4. The molecule has 0 saturated carbocycles. The van der Waals surface area contributed by atoms with Crippen molar-refractivity contribution in [3.63, 3.8) is 0 Å². The van der Waals surface area contributed by atoms with Gasteiger partial charge in [-0.25, -0.2) is 14.1 Å². The maximum Gasteiger partial charge on any atom is 0.188 e. The summed E-state index contributed by atoms with van der Waals surface area (Å²) in [7, 11) is -0.907. The Morgan fingerprint density at radius 2 is 1.25 bits per heavy atom. The summed E-state index contributed by atoms with van der Waals surface area (Å²) < 4.78 is 6.74. The molecular formula is C46H37N4PtSi-. The topological polar surface area (TPSA) is 27.7 Å². The predicted octanol–water partition coefficient (Wildman–Crippen LogP) is 7.84. The zero-order chi connectivity index (χ0) is 34.5. The summed E-state index contributed by atoms with van der Waals surface area (Å²) in [6, 6.07) is 63.0. The van der Waals surface area contributed by atoms with E-state index in [1.165, 1.54) is 42.6 Å². The normalized spacial score (nSPS) is 11.8. The second kappa shape index (κ2) is 13.6. The van der Waals surface area contributed by atoms with Crippen molar-refractivity contribution in [1.29, 1.82) is 0 Å². The molecule has 0 aliphatic heterocycles. The van der Waals surface area contributed by atoms with Gasteiger partial charge in [-0.3, -0.25) is 0 Å². The summed E-state index contributed by atoms with van der Waals surface area (Å²) in [5.74, 6) is 1.30. The van der Waals surface area contributed by atoms with Gasteiger partial charge in [0.15, 0.2) is 17.4 Å². The second-order valence-electron chi connectivity index (χ2n) is 13.6. The molecule has 6 heteroatoms. The van der Waals surface area contributed by atoms with E-state index < -0.39 is 8.07 Å². The van der Waals surface area contributed by atoms with Gasteiger partial charge in [-0.2, -0.15) is 35.5 Å². The van der Waals surface area contributed by atoms with Gasteiger partial charge in [-0.05, 0) is 57.6 Å². The molecule has 3 heterocycles. The first-order valence-electron chi connectivity index (χ1n) is 17.6. The van der Waals surface area contributed by atoms with Gasteiger partial charge >= 0.3 is 0 Å². The summed E-state index contributed by atoms with van der Waals surface area (Å²) in [4.78, 5) is 4.95. The molecule has 9 aromatic rings. The summed E-state index contributed by atoms with van der Waals surface area (Å²) in [6.07, 6.45) is 4.09. The average molecular weight is 869 g/mol. The Morgan fingerprint density at radius 1 is 0.615 bits per heavy atom. The van der Waals surface area contributed by atoms with Crippen LogP contribution in [0.1, 0.15) is 25.3 Å². The van der Waals surface area contributed by atoms with Crippen LogP contribution in [0.25, 0.3) is 44.3 Å². The number of benzene rings is 6. The summed E-state index contributed by atoms with van der Waals surface area (Å²) in [6.45, 7) is 4.46. The Morgan fingerprint density at radius 3 is 1.96 bits per heavy atom. The Kier molecular flexibility index (Phi) is 8.86. The van der Waals surface area contributed by atoms with Crippen LogP contribution in [0.3, 0.4) is 0 Å². The molecule has 0 amide bonds. The molecule has 0 bridgehead atoms. The third kappa shape index (κ3) is 5.39. The van der Waals surface area contributed by atoms with Crippen molar-refractivity contribution >= 4 is 61.7 Å². The molecule has 52 heavy (non-hydrogen) atoms. The molecule has 4 nitrogen and oxygen atoms in total. The number of para-hydroxylation sites is 3. The van der Waals surface area contributed by atoms with Gasteiger partial charge in [0.1, 0.15) is 13.9 Å². The van der Waals surface area contributed by atoms with Gasteiger partial charge in [0.2, 0.25) is 0 Å². The molecule has 256 valence electrons. The molecule has 0 fully saturated rings. The molecular weight excluding hydrogens is 832 g/mol. The standard InChI is InChI=1S/C46H37N4Si.Pt/c1-33(2)34-27-28-47-46(29-34)50-42-22-11-10-21-40(42)41-26-25-39(31-45(41)50)51(36-16-6-4-7-17-36,37-18-8-5-9-19-37)38-20-14-15-35(30-38)49-32-48(3)43-23-12-13-24-44(43)49;/h4-29,32-33H,1-3H3;/q-1;. The average Bonchev–Trinajstić information content (AvgIpc) is 3.70. The van der Waals surface area contributed by atoms with Crippen LogP contribution >= 0.6 is 0 Å². The van der Waals surface area contributed by atoms with E-state index in [1.54, 1.807) is 0 Å². The first-order chi connectivity index (χ1) is 25.0. The second-order valence-corrected chi connectivity index (χ2v) is 17.3. The molecule has 3 aromatic heterocycles. The number of hydrogen-bond acceptors (Lipinski definition) is 1. The number of aromatic nitrogens is 4. The molecule has 0 aliphatic carbocycles. The van der Waals surface area contributed by atoms with E-state index in [0.717, 1.165) is 28.1 Å². The number of aryl methyl sites for hydroxylation is 1. The minimum atomic E-state index is -3.01. The van der Waals surface area contributed by atoms with Gasteiger partial charge in [0.05, 0.1) is 0 Å². The Labute approximate surface area is 319 Å².